The van der Waals surface area contributed by atoms with Crippen molar-refractivity contribution in [3.05, 3.63) is 64.2 Å². The van der Waals surface area contributed by atoms with Crippen LogP contribution in [0.3, 0.4) is 0 Å². The first-order chi connectivity index (χ1) is 12.8. The summed E-state index contributed by atoms with van der Waals surface area (Å²) in [6.45, 7) is 0.874. The zero-order valence-corrected chi connectivity index (χ0v) is 14.8. The van der Waals surface area contributed by atoms with Gasteiger partial charge in [0, 0.05) is 23.1 Å². The second-order valence-electron chi connectivity index (χ2n) is 5.29. The third-order valence-electron chi connectivity index (χ3n) is 3.24. The lowest BCUT2D eigenvalue weighted by atomic mass is 10.3. The molecule has 7 nitrogen and oxygen atoms in total. The Bertz CT molecular complexity index is 861. The molecule has 0 saturated carbocycles. The SMILES string of the molecule is C[C@@H](Sc1ccc([N+](=O)[O-])cc1)C(=O)OCC(=O)Nc1cc(F)ccc1F. The summed E-state index contributed by atoms with van der Waals surface area (Å²) in [6.07, 6.45) is 0. The second-order valence-corrected chi connectivity index (χ2v) is 6.71. The number of nitro groups is 1. The average Bonchev–Trinajstić information content (AvgIpc) is 2.63. The van der Waals surface area contributed by atoms with E-state index in [2.05, 4.69) is 5.32 Å². The van der Waals surface area contributed by atoms with Crippen molar-refractivity contribution in [1.82, 2.24) is 0 Å². The van der Waals surface area contributed by atoms with Gasteiger partial charge in [-0.25, -0.2) is 8.78 Å². The van der Waals surface area contributed by atoms with Crippen molar-refractivity contribution in [2.45, 2.75) is 17.1 Å². The fraction of sp³-hybridized carbons (Fsp3) is 0.176. The first kappa shape index (κ1) is 20.3. The molecule has 0 heterocycles. The first-order valence-corrected chi connectivity index (χ1v) is 8.47. The van der Waals surface area contributed by atoms with Gasteiger partial charge in [0.15, 0.2) is 6.61 Å². The maximum atomic E-state index is 13.4. The van der Waals surface area contributed by atoms with Gasteiger partial charge in [-0.05, 0) is 31.2 Å². The summed E-state index contributed by atoms with van der Waals surface area (Å²) in [7, 11) is 0. The molecule has 0 aromatic heterocycles. The number of anilines is 1. The lowest BCUT2D eigenvalue weighted by molar-refractivity contribution is -0.384. The number of non-ortho nitro benzene ring substituents is 1. The summed E-state index contributed by atoms with van der Waals surface area (Å²) in [6, 6.07) is 8.17. The molecular formula is C17H14F2N2O5S. The Morgan fingerprint density at radius 1 is 1.22 bits per heavy atom. The Kier molecular flexibility index (Phi) is 6.83. The molecule has 10 heteroatoms. The number of benzene rings is 2. The molecule has 142 valence electrons. The summed E-state index contributed by atoms with van der Waals surface area (Å²) >= 11 is 1.09. The molecule has 0 aliphatic rings. The van der Waals surface area contributed by atoms with E-state index >= 15 is 0 Å². The maximum Gasteiger partial charge on any atom is 0.319 e. The summed E-state index contributed by atoms with van der Waals surface area (Å²) in [5.74, 6) is -3.07. The number of esters is 1. The quantitative estimate of drug-likeness (QED) is 0.333. The number of hydrogen-bond acceptors (Lipinski definition) is 6. The van der Waals surface area contributed by atoms with Crippen LogP contribution in [0.1, 0.15) is 6.92 Å². The number of nitro benzene ring substituents is 1. The van der Waals surface area contributed by atoms with Crippen LogP contribution in [-0.2, 0) is 14.3 Å². The van der Waals surface area contributed by atoms with Crippen LogP contribution in [0.25, 0.3) is 0 Å². The molecule has 27 heavy (non-hydrogen) atoms. The van der Waals surface area contributed by atoms with Crippen LogP contribution in [-0.4, -0.2) is 28.7 Å². The van der Waals surface area contributed by atoms with Gasteiger partial charge >= 0.3 is 5.97 Å². The van der Waals surface area contributed by atoms with Gasteiger partial charge in [0.2, 0.25) is 0 Å². The van der Waals surface area contributed by atoms with Gasteiger partial charge in [-0.2, -0.15) is 0 Å². The third kappa shape index (κ3) is 6.03. The van der Waals surface area contributed by atoms with Crippen LogP contribution in [0.4, 0.5) is 20.2 Å². The van der Waals surface area contributed by atoms with Gasteiger partial charge in [-0.3, -0.25) is 19.7 Å². The van der Waals surface area contributed by atoms with Gasteiger partial charge < -0.3 is 10.1 Å². The predicted molar refractivity (Wildman–Crippen MR) is 94.4 cm³/mol. The summed E-state index contributed by atoms with van der Waals surface area (Å²) in [5, 5.41) is 12.0. The number of nitrogens with one attached hydrogen (secondary N) is 1. The molecule has 2 aromatic carbocycles. The molecular weight excluding hydrogens is 382 g/mol. The number of amides is 1. The molecule has 0 aliphatic heterocycles. The van der Waals surface area contributed by atoms with Gasteiger partial charge in [-0.1, -0.05) is 0 Å². The van der Waals surface area contributed by atoms with Crippen molar-refractivity contribution in [1.29, 1.82) is 0 Å². The third-order valence-corrected chi connectivity index (χ3v) is 4.33. The molecule has 0 saturated heterocycles. The summed E-state index contributed by atoms with van der Waals surface area (Å²) in [5.41, 5.74) is -0.430. The number of carbonyl (C=O) groups is 2. The average molecular weight is 396 g/mol. The van der Waals surface area contributed by atoms with Crippen LogP contribution in [0.2, 0.25) is 0 Å². The number of halogens is 2. The molecule has 1 amide bonds. The molecule has 0 spiro atoms. The number of nitrogens with zero attached hydrogens (tertiary/aromatic N) is 1. The minimum atomic E-state index is -0.821. The highest BCUT2D eigenvalue weighted by atomic mass is 32.2. The van der Waals surface area contributed by atoms with Crippen molar-refractivity contribution in [3.63, 3.8) is 0 Å². The Hall–Kier alpha value is -3.01. The fourth-order valence-corrected chi connectivity index (χ4v) is 2.80. The van der Waals surface area contributed by atoms with Crippen LogP contribution in [0.5, 0.6) is 0 Å². The number of carbonyl (C=O) groups excluding carboxylic acids is 2. The van der Waals surface area contributed by atoms with Crippen LogP contribution in [0.15, 0.2) is 47.4 Å². The minimum absolute atomic E-state index is 0.0733. The van der Waals surface area contributed by atoms with Crippen molar-refractivity contribution >= 4 is 35.0 Å². The highest BCUT2D eigenvalue weighted by Gasteiger charge is 2.18. The Labute approximate surface area is 156 Å². The Balaban J connectivity index is 1.84. The lowest BCUT2D eigenvalue weighted by Crippen LogP contribution is -2.25. The molecule has 0 aliphatic carbocycles. The Morgan fingerprint density at radius 2 is 1.89 bits per heavy atom. The Morgan fingerprint density at radius 3 is 2.52 bits per heavy atom. The van der Waals surface area contributed by atoms with Crippen molar-refractivity contribution in [2.75, 3.05) is 11.9 Å². The van der Waals surface area contributed by atoms with Gasteiger partial charge in [0.05, 0.1) is 10.6 Å². The number of ether oxygens (including phenoxy) is 1. The second kappa shape index (κ2) is 9.08. The van der Waals surface area contributed by atoms with Crippen molar-refractivity contribution < 1.29 is 28.0 Å². The largest absolute Gasteiger partial charge is 0.455 e. The number of thioether (sulfide) groups is 1. The first-order valence-electron chi connectivity index (χ1n) is 7.59. The van der Waals surface area contributed by atoms with Gasteiger partial charge in [0.25, 0.3) is 11.6 Å². The number of hydrogen-bond donors (Lipinski definition) is 1. The standard InChI is InChI=1S/C17H14F2N2O5S/c1-10(27-13-5-3-12(4-6-13)21(24)25)17(23)26-9-16(22)20-15-8-11(18)2-7-14(15)19/h2-8,10H,9H2,1H3,(H,20,22)/t10-/m1/s1. The van der Waals surface area contributed by atoms with E-state index in [1.807, 2.05) is 0 Å². The summed E-state index contributed by atoms with van der Waals surface area (Å²) in [4.78, 5) is 34.3. The normalized spacial score (nSPS) is 11.5. The smallest absolute Gasteiger partial charge is 0.319 e. The van der Waals surface area contributed by atoms with Crippen LogP contribution in [0, 0.1) is 21.7 Å². The van der Waals surface area contributed by atoms with Crippen LogP contribution < -0.4 is 5.32 Å². The van der Waals surface area contributed by atoms with E-state index in [9.17, 15) is 28.5 Å². The van der Waals surface area contributed by atoms with Gasteiger partial charge in [-0.15, -0.1) is 11.8 Å². The van der Waals surface area contributed by atoms with E-state index < -0.39 is 40.3 Å². The van der Waals surface area contributed by atoms with Crippen molar-refractivity contribution in [3.8, 4) is 0 Å². The van der Waals surface area contributed by atoms with Gasteiger partial charge in [0.1, 0.15) is 16.9 Å². The lowest BCUT2D eigenvalue weighted by Gasteiger charge is -2.11. The molecule has 2 rings (SSSR count). The highest BCUT2D eigenvalue weighted by molar-refractivity contribution is 8.00. The van der Waals surface area contributed by atoms with E-state index in [0.29, 0.717) is 4.90 Å². The monoisotopic (exact) mass is 396 g/mol. The molecule has 2 aromatic rings. The number of rotatable bonds is 7. The van der Waals surface area contributed by atoms with E-state index in [4.69, 9.17) is 4.74 Å². The highest BCUT2D eigenvalue weighted by Crippen LogP contribution is 2.26. The van der Waals surface area contributed by atoms with E-state index in [1.54, 1.807) is 6.92 Å². The van der Waals surface area contributed by atoms with Crippen LogP contribution >= 0.6 is 11.8 Å². The van der Waals surface area contributed by atoms with E-state index in [0.717, 1.165) is 30.0 Å². The molecule has 1 atom stereocenters. The van der Waals surface area contributed by atoms with E-state index in [1.165, 1.54) is 24.3 Å². The van der Waals surface area contributed by atoms with E-state index in [-0.39, 0.29) is 11.4 Å². The molecule has 0 fully saturated rings. The minimum Gasteiger partial charge on any atom is -0.455 e. The van der Waals surface area contributed by atoms with Crippen molar-refractivity contribution in [2.24, 2.45) is 0 Å². The topological polar surface area (TPSA) is 98.5 Å². The molecule has 0 bridgehead atoms. The molecule has 0 unspecified atom stereocenters. The summed E-state index contributed by atoms with van der Waals surface area (Å²) < 4.78 is 31.3. The molecule has 0 radical (unpaired) electrons. The zero-order chi connectivity index (χ0) is 20.0. The predicted octanol–water partition coefficient (Wildman–Crippen LogP) is 3.54. The fourth-order valence-electron chi connectivity index (χ4n) is 1.93. The molecule has 1 N–H and O–H groups in total. The maximum absolute atomic E-state index is 13.4. The zero-order valence-electron chi connectivity index (χ0n) is 14.0.